The minimum Gasteiger partial charge on any atom is -0.464 e. The third-order valence-electron chi connectivity index (χ3n) is 3.37. The Morgan fingerprint density at radius 3 is 2.78 bits per heavy atom. The van der Waals surface area contributed by atoms with Crippen molar-refractivity contribution in [2.45, 2.75) is 45.6 Å². The normalized spacial score (nSPS) is 21.5. The molecule has 1 saturated heterocycles. The van der Waals surface area contributed by atoms with E-state index in [0.717, 1.165) is 12.8 Å². The van der Waals surface area contributed by atoms with Crippen LogP contribution in [0.5, 0.6) is 0 Å². The minimum absolute atomic E-state index is 0.0261. The number of esters is 1. The summed E-state index contributed by atoms with van der Waals surface area (Å²) in [6, 6.07) is -0.397. The largest absolute Gasteiger partial charge is 0.464 e. The highest BCUT2D eigenvalue weighted by atomic mass is 16.5. The standard InChI is InChI=1S/C13H24N2O3/c1-3-18-13(17)11-6-4-5-9-15(11)12(16)10(2)7-8-14/h10-11H,3-9,14H2,1-2H3. The number of amides is 1. The van der Waals surface area contributed by atoms with Gasteiger partial charge in [-0.2, -0.15) is 0 Å². The summed E-state index contributed by atoms with van der Waals surface area (Å²) >= 11 is 0. The van der Waals surface area contributed by atoms with Gasteiger partial charge in [-0.15, -0.1) is 0 Å². The molecule has 1 aliphatic heterocycles. The summed E-state index contributed by atoms with van der Waals surface area (Å²) in [7, 11) is 0. The van der Waals surface area contributed by atoms with Crippen LogP contribution in [0.1, 0.15) is 39.5 Å². The Morgan fingerprint density at radius 2 is 2.17 bits per heavy atom. The molecule has 0 saturated carbocycles. The number of carbonyl (C=O) groups excluding carboxylic acids is 2. The van der Waals surface area contributed by atoms with Gasteiger partial charge in [0.1, 0.15) is 6.04 Å². The van der Waals surface area contributed by atoms with Crippen LogP contribution in [-0.2, 0) is 14.3 Å². The number of nitrogens with two attached hydrogens (primary N) is 1. The Morgan fingerprint density at radius 1 is 1.44 bits per heavy atom. The number of hydrogen-bond acceptors (Lipinski definition) is 4. The summed E-state index contributed by atoms with van der Waals surface area (Å²) in [6.45, 7) is 5.15. The molecule has 2 atom stereocenters. The number of ether oxygens (including phenoxy) is 1. The Labute approximate surface area is 109 Å². The van der Waals surface area contributed by atoms with Gasteiger partial charge in [0.15, 0.2) is 0 Å². The molecular formula is C13H24N2O3. The Balaban J connectivity index is 2.69. The average molecular weight is 256 g/mol. The summed E-state index contributed by atoms with van der Waals surface area (Å²) in [6.07, 6.45) is 3.29. The second-order valence-corrected chi connectivity index (χ2v) is 4.77. The second kappa shape index (κ2) is 7.36. The number of likely N-dealkylation sites (tertiary alicyclic amines) is 1. The predicted molar refractivity (Wildman–Crippen MR) is 68.8 cm³/mol. The number of rotatable bonds is 5. The van der Waals surface area contributed by atoms with Gasteiger partial charge in [-0.1, -0.05) is 6.92 Å². The van der Waals surface area contributed by atoms with Gasteiger partial charge in [0.25, 0.3) is 0 Å². The summed E-state index contributed by atoms with van der Waals surface area (Å²) in [4.78, 5) is 25.8. The molecule has 0 aromatic carbocycles. The lowest BCUT2D eigenvalue weighted by Gasteiger charge is -2.35. The first-order valence-corrected chi connectivity index (χ1v) is 6.79. The fourth-order valence-corrected chi connectivity index (χ4v) is 2.34. The second-order valence-electron chi connectivity index (χ2n) is 4.77. The van der Waals surface area contributed by atoms with Gasteiger partial charge in [0.2, 0.25) is 5.91 Å². The maximum atomic E-state index is 12.3. The van der Waals surface area contributed by atoms with Crippen LogP contribution in [0, 0.1) is 5.92 Å². The lowest BCUT2D eigenvalue weighted by atomic mass is 9.98. The van der Waals surface area contributed by atoms with Crippen molar-refractivity contribution in [1.82, 2.24) is 4.90 Å². The molecule has 1 heterocycles. The Hall–Kier alpha value is -1.10. The number of hydrogen-bond donors (Lipinski definition) is 1. The first-order valence-electron chi connectivity index (χ1n) is 6.79. The average Bonchev–Trinajstić information content (AvgIpc) is 2.38. The molecule has 0 aromatic rings. The third kappa shape index (κ3) is 3.70. The molecule has 0 radical (unpaired) electrons. The molecule has 0 aromatic heterocycles. The van der Waals surface area contributed by atoms with Gasteiger partial charge in [-0.05, 0) is 39.2 Å². The van der Waals surface area contributed by atoms with Crippen molar-refractivity contribution in [2.24, 2.45) is 11.7 Å². The molecule has 1 aliphatic rings. The van der Waals surface area contributed by atoms with Crippen molar-refractivity contribution in [2.75, 3.05) is 19.7 Å². The van der Waals surface area contributed by atoms with E-state index in [0.29, 0.717) is 32.5 Å². The van der Waals surface area contributed by atoms with Crippen LogP contribution in [-0.4, -0.2) is 42.5 Å². The van der Waals surface area contributed by atoms with Crippen molar-refractivity contribution in [3.8, 4) is 0 Å². The molecule has 104 valence electrons. The van der Waals surface area contributed by atoms with E-state index in [-0.39, 0.29) is 17.8 Å². The van der Waals surface area contributed by atoms with Crippen molar-refractivity contribution in [1.29, 1.82) is 0 Å². The third-order valence-corrected chi connectivity index (χ3v) is 3.37. The zero-order valence-corrected chi connectivity index (χ0v) is 11.4. The summed E-state index contributed by atoms with van der Waals surface area (Å²) in [5, 5.41) is 0. The molecule has 0 spiro atoms. The van der Waals surface area contributed by atoms with Crippen LogP contribution >= 0.6 is 0 Å². The summed E-state index contributed by atoms with van der Waals surface area (Å²) in [5.41, 5.74) is 5.48. The van der Waals surface area contributed by atoms with E-state index in [4.69, 9.17) is 10.5 Å². The van der Waals surface area contributed by atoms with Crippen molar-refractivity contribution < 1.29 is 14.3 Å². The first kappa shape index (κ1) is 15.0. The molecule has 0 bridgehead atoms. The van der Waals surface area contributed by atoms with Crippen LogP contribution in [0.15, 0.2) is 0 Å². The lowest BCUT2D eigenvalue weighted by molar-refractivity contribution is -0.158. The van der Waals surface area contributed by atoms with Gasteiger partial charge >= 0.3 is 5.97 Å². The minimum atomic E-state index is -0.397. The zero-order valence-electron chi connectivity index (χ0n) is 11.4. The topological polar surface area (TPSA) is 72.6 Å². The monoisotopic (exact) mass is 256 g/mol. The van der Waals surface area contributed by atoms with Crippen LogP contribution in [0.3, 0.4) is 0 Å². The molecule has 2 N–H and O–H groups in total. The number of carbonyl (C=O) groups is 2. The number of piperidine rings is 1. The van der Waals surface area contributed by atoms with Crippen LogP contribution in [0.4, 0.5) is 0 Å². The summed E-state index contributed by atoms with van der Waals surface area (Å²) in [5.74, 6) is -0.367. The van der Waals surface area contributed by atoms with E-state index < -0.39 is 6.04 Å². The van der Waals surface area contributed by atoms with E-state index >= 15 is 0 Å². The molecule has 1 rings (SSSR count). The van der Waals surface area contributed by atoms with Crippen molar-refractivity contribution >= 4 is 11.9 Å². The lowest BCUT2D eigenvalue weighted by Crippen LogP contribution is -2.50. The fourth-order valence-electron chi connectivity index (χ4n) is 2.34. The maximum absolute atomic E-state index is 12.3. The number of nitrogens with zero attached hydrogens (tertiary/aromatic N) is 1. The first-order chi connectivity index (χ1) is 8.61. The van der Waals surface area contributed by atoms with Crippen LogP contribution < -0.4 is 5.73 Å². The summed E-state index contributed by atoms with van der Waals surface area (Å²) < 4.78 is 5.04. The van der Waals surface area contributed by atoms with Gasteiger partial charge < -0.3 is 15.4 Å². The van der Waals surface area contributed by atoms with Gasteiger partial charge in [-0.3, -0.25) is 4.79 Å². The van der Waals surface area contributed by atoms with E-state index in [2.05, 4.69) is 0 Å². The quantitative estimate of drug-likeness (QED) is 0.742. The highest BCUT2D eigenvalue weighted by Crippen LogP contribution is 2.21. The molecule has 0 aliphatic carbocycles. The van der Waals surface area contributed by atoms with Gasteiger partial charge in [0, 0.05) is 12.5 Å². The van der Waals surface area contributed by atoms with Gasteiger partial charge in [-0.25, -0.2) is 4.79 Å². The fraction of sp³-hybridized carbons (Fsp3) is 0.846. The highest BCUT2D eigenvalue weighted by Gasteiger charge is 2.34. The SMILES string of the molecule is CCOC(=O)C1CCCCN1C(=O)C(C)CCN. The van der Waals surface area contributed by atoms with Crippen molar-refractivity contribution in [3.05, 3.63) is 0 Å². The highest BCUT2D eigenvalue weighted by molar-refractivity contribution is 5.85. The van der Waals surface area contributed by atoms with E-state index in [1.54, 1.807) is 11.8 Å². The maximum Gasteiger partial charge on any atom is 0.328 e. The molecular weight excluding hydrogens is 232 g/mol. The van der Waals surface area contributed by atoms with E-state index in [9.17, 15) is 9.59 Å². The van der Waals surface area contributed by atoms with Crippen molar-refractivity contribution in [3.63, 3.8) is 0 Å². The molecule has 5 heteroatoms. The van der Waals surface area contributed by atoms with Gasteiger partial charge in [0.05, 0.1) is 6.61 Å². The van der Waals surface area contributed by atoms with E-state index in [1.807, 2.05) is 6.92 Å². The zero-order chi connectivity index (χ0) is 13.5. The van der Waals surface area contributed by atoms with Crippen LogP contribution in [0.2, 0.25) is 0 Å². The molecule has 5 nitrogen and oxygen atoms in total. The molecule has 1 amide bonds. The molecule has 2 unspecified atom stereocenters. The van der Waals surface area contributed by atoms with Crippen LogP contribution in [0.25, 0.3) is 0 Å². The van der Waals surface area contributed by atoms with E-state index in [1.165, 1.54) is 0 Å². The Bertz CT molecular complexity index is 294. The Kier molecular flexibility index (Phi) is 6.12. The molecule has 1 fully saturated rings. The molecule has 18 heavy (non-hydrogen) atoms. The predicted octanol–water partition coefficient (Wildman–Crippen LogP) is 0.915. The smallest absolute Gasteiger partial charge is 0.328 e.